The number of nitrogens with zero attached hydrogens (tertiary/aromatic N) is 3. The highest BCUT2D eigenvalue weighted by molar-refractivity contribution is 7.89. The maximum Gasteiger partial charge on any atom is 0.326 e. The number of likely N-dealkylation sites (N-methyl/N-ethyl adjacent to an activating group) is 1. The van der Waals surface area contributed by atoms with E-state index in [1.54, 1.807) is 25.4 Å². The maximum atomic E-state index is 13.2. The topological polar surface area (TPSA) is 92.5 Å². The molecular weight excluding hydrogens is 409 g/mol. The van der Waals surface area contributed by atoms with E-state index in [0.29, 0.717) is 19.3 Å². The van der Waals surface area contributed by atoms with E-state index >= 15 is 0 Å². The highest BCUT2D eigenvalue weighted by Crippen LogP contribution is 2.36. The molecule has 7 nitrogen and oxygen atoms in total. The van der Waals surface area contributed by atoms with Gasteiger partial charge in [-0.1, -0.05) is 0 Å². The summed E-state index contributed by atoms with van der Waals surface area (Å²) in [6, 6.07) is 5.54. The number of pyridine rings is 1. The van der Waals surface area contributed by atoms with Gasteiger partial charge >= 0.3 is 5.97 Å². The van der Waals surface area contributed by atoms with Gasteiger partial charge in [-0.3, -0.25) is 4.98 Å². The lowest BCUT2D eigenvalue weighted by Crippen LogP contribution is -2.40. The summed E-state index contributed by atoms with van der Waals surface area (Å²) in [5.74, 6) is -1.42. The monoisotopic (exact) mass is 431 g/mol. The molecule has 1 aromatic carbocycles. The molecule has 30 heavy (non-hydrogen) atoms. The molecule has 0 spiro atoms. The summed E-state index contributed by atoms with van der Waals surface area (Å²) in [6.07, 6.45) is 4.89. The molecule has 0 saturated heterocycles. The third kappa shape index (κ3) is 3.27. The first kappa shape index (κ1) is 20.5. The molecule has 0 bridgehead atoms. The van der Waals surface area contributed by atoms with Crippen LogP contribution in [0.1, 0.15) is 30.6 Å². The quantitative estimate of drug-likeness (QED) is 0.670. The highest BCUT2D eigenvalue weighted by atomic mass is 32.2. The number of carboxylic acid groups (broad SMARTS) is 1. The Morgan fingerprint density at radius 1 is 1.30 bits per heavy atom. The minimum Gasteiger partial charge on any atom is -0.480 e. The van der Waals surface area contributed by atoms with E-state index in [-0.39, 0.29) is 10.9 Å². The van der Waals surface area contributed by atoms with Crippen LogP contribution in [0.5, 0.6) is 0 Å². The SMILES string of the molecule is CC(C(=O)O)n1c2c(c3cnccc31)CC(N(C)S(=O)(=O)c1ccc(F)cc1)CC2. The van der Waals surface area contributed by atoms with Crippen LogP contribution in [-0.2, 0) is 27.7 Å². The Bertz CT molecular complexity index is 1220. The number of aliphatic carboxylic acids is 1. The Morgan fingerprint density at radius 2 is 2.00 bits per heavy atom. The van der Waals surface area contributed by atoms with E-state index in [1.165, 1.54) is 23.5 Å². The van der Waals surface area contributed by atoms with Gasteiger partial charge in [-0.25, -0.2) is 17.6 Å². The van der Waals surface area contributed by atoms with E-state index in [1.807, 2.05) is 4.57 Å². The zero-order chi connectivity index (χ0) is 21.6. The smallest absolute Gasteiger partial charge is 0.326 e. The Hall–Kier alpha value is -2.78. The minimum absolute atomic E-state index is 0.0424. The number of hydrogen-bond donors (Lipinski definition) is 1. The van der Waals surface area contributed by atoms with Gasteiger partial charge in [0.05, 0.1) is 10.4 Å². The lowest BCUT2D eigenvalue weighted by molar-refractivity contribution is -0.140. The Labute approximate surface area is 173 Å². The van der Waals surface area contributed by atoms with Crippen molar-refractivity contribution in [1.82, 2.24) is 13.9 Å². The number of aromatic nitrogens is 2. The van der Waals surface area contributed by atoms with Gasteiger partial charge in [0.1, 0.15) is 11.9 Å². The predicted octanol–water partition coefficient (Wildman–Crippen LogP) is 3.00. The van der Waals surface area contributed by atoms with Crippen LogP contribution in [0, 0.1) is 5.82 Å². The normalized spacial score (nSPS) is 17.8. The van der Waals surface area contributed by atoms with Crippen LogP contribution >= 0.6 is 0 Å². The minimum atomic E-state index is -3.78. The molecule has 158 valence electrons. The third-order valence-corrected chi connectivity index (χ3v) is 7.85. The van der Waals surface area contributed by atoms with Crippen molar-refractivity contribution >= 4 is 26.9 Å². The maximum absolute atomic E-state index is 13.2. The van der Waals surface area contributed by atoms with Gasteiger partial charge < -0.3 is 9.67 Å². The first-order chi connectivity index (χ1) is 14.2. The Morgan fingerprint density at radius 3 is 2.67 bits per heavy atom. The summed E-state index contributed by atoms with van der Waals surface area (Å²) >= 11 is 0. The highest BCUT2D eigenvalue weighted by Gasteiger charge is 2.34. The van der Waals surface area contributed by atoms with Crippen LogP contribution in [0.15, 0.2) is 47.6 Å². The molecular formula is C21H22FN3O4S. The second-order valence-corrected chi connectivity index (χ2v) is 9.57. The summed E-state index contributed by atoms with van der Waals surface area (Å²) in [5, 5.41) is 10.4. The van der Waals surface area contributed by atoms with Crippen molar-refractivity contribution in [3.05, 3.63) is 59.8 Å². The number of carbonyl (C=O) groups is 1. The molecule has 3 aromatic rings. The molecule has 2 aromatic heterocycles. The van der Waals surface area contributed by atoms with Gasteiger partial charge in [0.2, 0.25) is 10.0 Å². The Kier molecular flexibility index (Phi) is 5.11. The van der Waals surface area contributed by atoms with Crippen LogP contribution in [-0.4, -0.2) is 46.4 Å². The van der Waals surface area contributed by atoms with Crippen molar-refractivity contribution in [3.8, 4) is 0 Å². The molecule has 0 amide bonds. The summed E-state index contributed by atoms with van der Waals surface area (Å²) in [6.45, 7) is 1.64. The van der Waals surface area contributed by atoms with Crippen LogP contribution in [0.2, 0.25) is 0 Å². The van der Waals surface area contributed by atoms with Gasteiger partial charge in [-0.15, -0.1) is 0 Å². The second kappa shape index (κ2) is 7.48. The van der Waals surface area contributed by atoms with E-state index < -0.39 is 27.9 Å². The number of sulfonamides is 1. The number of carboxylic acids is 1. The van der Waals surface area contributed by atoms with Crippen molar-refractivity contribution < 1.29 is 22.7 Å². The fraction of sp³-hybridized carbons (Fsp3) is 0.333. The van der Waals surface area contributed by atoms with Crippen LogP contribution < -0.4 is 0 Å². The molecule has 1 N–H and O–H groups in total. The van der Waals surface area contributed by atoms with E-state index in [0.717, 1.165) is 34.3 Å². The average Bonchev–Trinajstić information content (AvgIpc) is 3.06. The number of hydrogen-bond acceptors (Lipinski definition) is 4. The number of rotatable bonds is 5. The molecule has 2 unspecified atom stereocenters. The number of benzene rings is 1. The van der Waals surface area contributed by atoms with Crippen molar-refractivity contribution in [2.24, 2.45) is 0 Å². The van der Waals surface area contributed by atoms with Crippen molar-refractivity contribution in [1.29, 1.82) is 0 Å². The summed E-state index contributed by atoms with van der Waals surface area (Å²) in [5.41, 5.74) is 2.63. The standard InChI is InChI=1S/C21H22FN3O4S/c1-13(21(26)27)25-19-8-5-15(11-17(19)18-12-23-10-9-20(18)25)24(2)30(28,29)16-6-3-14(22)4-7-16/h3-4,6-7,9-10,12-13,15H,5,8,11H2,1-2H3,(H,26,27). The van der Waals surface area contributed by atoms with Gasteiger partial charge in [-0.2, -0.15) is 4.31 Å². The first-order valence-electron chi connectivity index (χ1n) is 9.64. The van der Waals surface area contributed by atoms with E-state index in [4.69, 9.17) is 0 Å². The lowest BCUT2D eigenvalue weighted by atomic mass is 9.91. The fourth-order valence-corrected chi connectivity index (χ4v) is 5.63. The Balaban J connectivity index is 1.72. The second-order valence-electron chi connectivity index (χ2n) is 7.57. The van der Waals surface area contributed by atoms with Crippen molar-refractivity contribution in [2.75, 3.05) is 7.05 Å². The zero-order valence-electron chi connectivity index (χ0n) is 16.6. The van der Waals surface area contributed by atoms with Crippen molar-refractivity contribution in [2.45, 2.75) is 43.2 Å². The fourth-order valence-electron chi connectivity index (χ4n) is 4.25. The largest absolute Gasteiger partial charge is 0.480 e. The molecule has 1 aliphatic carbocycles. The predicted molar refractivity (Wildman–Crippen MR) is 109 cm³/mol. The van der Waals surface area contributed by atoms with E-state index in [2.05, 4.69) is 4.98 Å². The van der Waals surface area contributed by atoms with Gasteiger partial charge in [0.25, 0.3) is 0 Å². The van der Waals surface area contributed by atoms with Crippen molar-refractivity contribution in [3.63, 3.8) is 0 Å². The van der Waals surface area contributed by atoms with E-state index in [9.17, 15) is 22.7 Å². The molecule has 0 radical (unpaired) electrons. The van der Waals surface area contributed by atoms with Gasteiger partial charge in [0.15, 0.2) is 0 Å². The molecule has 0 aliphatic heterocycles. The number of halogens is 1. The first-order valence-corrected chi connectivity index (χ1v) is 11.1. The summed E-state index contributed by atoms with van der Waals surface area (Å²) in [7, 11) is -2.25. The molecule has 2 heterocycles. The average molecular weight is 431 g/mol. The molecule has 1 aliphatic rings. The molecule has 4 rings (SSSR count). The molecule has 2 atom stereocenters. The molecule has 0 saturated carbocycles. The number of fused-ring (bicyclic) bond motifs is 3. The van der Waals surface area contributed by atoms with Crippen LogP contribution in [0.3, 0.4) is 0 Å². The molecule has 0 fully saturated rings. The van der Waals surface area contributed by atoms with Crippen LogP contribution in [0.25, 0.3) is 10.9 Å². The van der Waals surface area contributed by atoms with Gasteiger partial charge in [0, 0.05) is 36.6 Å². The lowest BCUT2D eigenvalue weighted by Gasteiger charge is -2.31. The summed E-state index contributed by atoms with van der Waals surface area (Å²) in [4.78, 5) is 15.9. The summed E-state index contributed by atoms with van der Waals surface area (Å²) < 4.78 is 42.4. The third-order valence-electron chi connectivity index (χ3n) is 5.93. The molecule has 9 heteroatoms. The van der Waals surface area contributed by atoms with Crippen LogP contribution in [0.4, 0.5) is 4.39 Å². The zero-order valence-corrected chi connectivity index (χ0v) is 17.4. The van der Waals surface area contributed by atoms with Gasteiger partial charge in [-0.05, 0) is 62.1 Å².